The summed E-state index contributed by atoms with van der Waals surface area (Å²) in [7, 11) is 1.75. The van der Waals surface area contributed by atoms with Gasteiger partial charge >= 0.3 is 6.03 Å². The number of hydrogen-bond donors (Lipinski definition) is 2. The summed E-state index contributed by atoms with van der Waals surface area (Å²) in [6.45, 7) is 6.60. The second kappa shape index (κ2) is 6.83. The number of rotatable bonds is 4. The maximum atomic E-state index is 12.3. The first-order valence-electron chi connectivity index (χ1n) is 7.23. The highest BCUT2D eigenvalue weighted by Crippen LogP contribution is 2.26. The number of amides is 2. The molecule has 22 heavy (non-hydrogen) atoms. The van der Waals surface area contributed by atoms with Crippen molar-refractivity contribution in [2.45, 2.75) is 33.4 Å². The SMILES string of the molecule is Cc1cc(C(C)NC(=O)N(C)Cc2cccc(O)c2)c(C)s1. The molecule has 1 unspecified atom stereocenters. The lowest BCUT2D eigenvalue weighted by Crippen LogP contribution is -2.38. The number of nitrogens with one attached hydrogen (secondary N) is 1. The zero-order valence-corrected chi connectivity index (χ0v) is 14.2. The van der Waals surface area contributed by atoms with Crippen LogP contribution in [0.1, 0.15) is 33.8 Å². The number of hydrogen-bond acceptors (Lipinski definition) is 3. The van der Waals surface area contributed by atoms with Gasteiger partial charge in [0.05, 0.1) is 6.04 Å². The lowest BCUT2D eigenvalue weighted by molar-refractivity contribution is 0.203. The standard InChI is InChI=1S/C17H22N2O2S/c1-11-8-16(13(3)22-11)12(2)18-17(21)19(4)10-14-6-5-7-15(20)9-14/h5-9,12,20H,10H2,1-4H3,(H,18,21). The van der Waals surface area contributed by atoms with Crippen molar-refractivity contribution in [3.8, 4) is 5.75 Å². The van der Waals surface area contributed by atoms with E-state index >= 15 is 0 Å². The van der Waals surface area contributed by atoms with Crippen LogP contribution in [-0.4, -0.2) is 23.1 Å². The van der Waals surface area contributed by atoms with Crippen LogP contribution in [0.25, 0.3) is 0 Å². The van der Waals surface area contributed by atoms with Crippen LogP contribution in [-0.2, 0) is 6.54 Å². The number of aryl methyl sites for hydroxylation is 2. The lowest BCUT2D eigenvalue weighted by atomic mass is 10.1. The average molecular weight is 318 g/mol. The van der Waals surface area contributed by atoms with Crippen molar-refractivity contribution in [1.82, 2.24) is 10.2 Å². The summed E-state index contributed by atoms with van der Waals surface area (Å²) < 4.78 is 0. The lowest BCUT2D eigenvalue weighted by Gasteiger charge is -2.21. The van der Waals surface area contributed by atoms with Gasteiger partial charge in [0.2, 0.25) is 0 Å². The number of aromatic hydroxyl groups is 1. The van der Waals surface area contributed by atoms with Crippen molar-refractivity contribution in [3.05, 3.63) is 51.2 Å². The monoisotopic (exact) mass is 318 g/mol. The molecular formula is C17H22N2O2S. The molecule has 0 fully saturated rings. The minimum absolute atomic E-state index is 0.0240. The fourth-order valence-electron chi connectivity index (χ4n) is 2.45. The molecule has 0 radical (unpaired) electrons. The molecule has 1 atom stereocenters. The van der Waals surface area contributed by atoms with E-state index in [1.54, 1.807) is 41.5 Å². The summed E-state index contributed by atoms with van der Waals surface area (Å²) in [6, 6.07) is 8.92. The van der Waals surface area contributed by atoms with Gasteiger partial charge in [0.1, 0.15) is 5.75 Å². The zero-order valence-electron chi connectivity index (χ0n) is 13.4. The van der Waals surface area contributed by atoms with Crippen molar-refractivity contribution in [2.24, 2.45) is 0 Å². The number of nitrogens with zero attached hydrogens (tertiary/aromatic N) is 1. The van der Waals surface area contributed by atoms with E-state index in [4.69, 9.17) is 0 Å². The molecule has 0 bridgehead atoms. The Kier molecular flexibility index (Phi) is 5.08. The first-order valence-corrected chi connectivity index (χ1v) is 8.05. The van der Waals surface area contributed by atoms with Crippen LogP contribution in [0.2, 0.25) is 0 Å². The van der Waals surface area contributed by atoms with E-state index in [2.05, 4.69) is 25.2 Å². The maximum absolute atomic E-state index is 12.3. The second-order valence-corrected chi connectivity index (χ2v) is 7.03. The third-order valence-electron chi connectivity index (χ3n) is 3.56. The Balaban J connectivity index is 1.97. The second-order valence-electron chi connectivity index (χ2n) is 5.57. The van der Waals surface area contributed by atoms with Crippen molar-refractivity contribution in [1.29, 1.82) is 0 Å². The molecule has 2 aromatic rings. The minimum Gasteiger partial charge on any atom is -0.508 e. The van der Waals surface area contributed by atoms with E-state index in [1.807, 2.05) is 13.0 Å². The third-order valence-corrected chi connectivity index (χ3v) is 4.54. The van der Waals surface area contributed by atoms with Gasteiger partial charge in [0.15, 0.2) is 0 Å². The van der Waals surface area contributed by atoms with Crippen molar-refractivity contribution >= 4 is 17.4 Å². The van der Waals surface area contributed by atoms with Crippen molar-refractivity contribution in [2.75, 3.05) is 7.05 Å². The molecule has 1 aromatic carbocycles. The number of carbonyl (C=O) groups excluding carboxylic acids is 1. The smallest absolute Gasteiger partial charge is 0.317 e. The fourth-order valence-corrected chi connectivity index (χ4v) is 3.48. The highest BCUT2D eigenvalue weighted by Gasteiger charge is 2.16. The highest BCUT2D eigenvalue weighted by atomic mass is 32.1. The maximum Gasteiger partial charge on any atom is 0.317 e. The van der Waals surface area contributed by atoms with E-state index in [-0.39, 0.29) is 17.8 Å². The number of carbonyl (C=O) groups is 1. The topological polar surface area (TPSA) is 52.6 Å². The van der Waals surface area contributed by atoms with Crippen molar-refractivity contribution in [3.63, 3.8) is 0 Å². The van der Waals surface area contributed by atoms with E-state index in [1.165, 1.54) is 15.3 Å². The van der Waals surface area contributed by atoms with Crippen molar-refractivity contribution < 1.29 is 9.90 Å². The van der Waals surface area contributed by atoms with Gasteiger partial charge in [-0.3, -0.25) is 0 Å². The molecule has 2 amide bonds. The fraction of sp³-hybridized carbons (Fsp3) is 0.353. The van der Waals surface area contributed by atoms with Gasteiger partial charge < -0.3 is 15.3 Å². The van der Waals surface area contributed by atoms with Gasteiger partial charge in [-0.1, -0.05) is 12.1 Å². The first kappa shape index (κ1) is 16.4. The molecule has 0 aliphatic carbocycles. The molecule has 2 rings (SSSR count). The zero-order chi connectivity index (χ0) is 16.3. The molecule has 4 nitrogen and oxygen atoms in total. The van der Waals surface area contributed by atoms with Crippen LogP contribution >= 0.6 is 11.3 Å². The number of phenolic OH excluding ortho intramolecular Hbond substituents is 1. The normalized spacial score (nSPS) is 12.0. The summed E-state index contributed by atoms with van der Waals surface area (Å²) in [5.74, 6) is 0.212. The summed E-state index contributed by atoms with van der Waals surface area (Å²) in [6.07, 6.45) is 0. The molecule has 1 heterocycles. The molecule has 0 aliphatic rings. The number of thiophene rings is 1. The predicted octanol–water partition coefficient (Wildman–Crippen LogP) is 3.97. The summed E-state index contributed by atoms with van der Waals surface area (Å²) in [5, 5.41) is 12.5. The summed E-state index contributed by atoms with van der Waals surface area (Å²) in [5.41, 5.74) is 2.06. The Morgan fingerprint density at radius 1 is 1.36 bits per heavy atom. The summed E-state index contributed by atoms with van der Waals surface area (Å²) in [4.78, 5) is 16.4. The van der Waals surface area contributed by atoms with Crippen LogP contribution in [0.3, 0.4) is 0 Å². The average Bonchev–Trinajstić information content (AvgIpc) is 2.77. The Morgan fingerprint density at radius 2 is 2.09 bits per heavy atom. The van der Waals surface area contributed by atoms with Gasteiger partial charge in [-0.05, 0) is 50.1 Å². The van der Waals surface area contributed by atoms with Crippen LogP contribution in [0.5, 0.6) is 5.75 Å². The summed E-state index contributed by atoms with van der Waals surface area (Å²) >= 11 is 1.74. The van der Waals surface area contributed by atoms with E-state index in [9.17, 15) is 9.90 Å². The molecule has 0 aliphatic heterocycles. The van der Waals surface area contributed by atoms with Gasteiger partial charge in [-0.15, -0.1) is 11.3 Å². The number of urea groups is 1. The molecule has 5 heteroatoms. The predicted molar refractivity (Wildman–Crippen MR) is 90.3 cm³/mol. The first-order chi connectivity index (χ1) is 10.4. The Morgan fingerprint density at radius 3 is 2.68 bits per heavy atom. The molecule has 0 saturated heterocycles. The quantitative estimate of drug-likeness (QED) is 0.896. The van der Waals surface area contributed by atoms with Crippen LogP contribution in [0.4, 0.5) is 4.79 Å². The molecule has 0 spiro atoms. The molecule has 1 aromatic heterocycles. The van der Waals surface area contributed by atoms with E-state index in [0.29, 0.717) is 6.54 Å². The van der Waals surface area contributed by atoms with Gasteiger partial charge in [0.25, 0.3) is 0 Å². The Labute approximate surface area is 135 Å². The number of benzene rings is 1. The molecule has 2 N–H and O–H groups in total. The van der Waals surface area contributed by atoms with E-state index in [0.717, 1.165) is 5.56 Å². The largest absolute Gasteiger partial charge is 0.508 e. The Bertz CT molecular complexity index is 666. The van der Waals surface area contributed by atoms with Crippen LogP contribution in [0.15, 0.2) is 30.3 Å². The molecule has 118 valence electrons. The van der Waals surface area contributed by atoms with Crippen LogP contribution < -0.4 is 5.32 Å². The van der Waals surface area contributed by atoms with Crippen LogP contribution in [0, 0.1) is 13.8 Å². The van der Waals surface area contributed by atoms with Gasteiger partial charge in [-0.2, -0.15) is 0 Å². The minimum atomic E-state index is -0.126. The third kappa shape index (κ3) is 4.01. The number of phenols is 1. The van der Waals surface area contributed by atoms with Gasteiger partial charge in [0, 0.05) is 23.3 Å². The van der Waals surface area contributed by atoms with E-state index < -0.39 is 0 Å². The highest BCUT2D eigenvalue weighted by molar-refractivity contribution is 7.12. The molecule has 0 saturated carbocycles. The van der Waals surface area contributed by atoms with Gasteiger partial charge in [-0.25, -0.2) is 4.79 Å². The molecular weight excluding hydrogens is 296 g/mol. The Hall–Kier alpha value is -2.01.